The van der Waals surface area contributed by atoms with Crippen molar-refractivity contribution in [3.05, 3.63) is 115 Å². The third kappa shape index (κ3) is 3.74. The summed E-state index contributed by atoms with van der Waals surface area (Å²) in [6.45, 7) is 0. The van der Waals surface area contributed by atoms with Gasteiger partial charge in [0.15, 0.2) is 3.95 Å². The first-order valence-electron chi connectivity index (χ1n) is 12.3. The Hall–Kier alpha value is -3.59. The van der Waals surface area contributed by atoms with E-state index < -0.39 is 0 Å². The van der Waals surface area contributed by atoms with E-state index >= 15 is 0 Å². The minimum Gasteiger partial charge on any atom is -0.497 e. The molecule has 0 saturated heterocycles. The molecular formula is C30H22N2O3S3. The van der Waals surface area contributed by atoms with Crippen LogP contribution in [-0.2, 0) is 16.0 Å². The maximum Gasteiger partial charge on any atom is 0.342 e. The molecule has 8 heteroatoms. The number of para-hydroxylation sites is 2. The lowest BCUT2D eigenvalue weighted by Gasteiger charge is -2.34. The average molecular weight is 555 g/mol. The van der Waals surface area contributed by atoms with Gasteiger partial charge in [0.1, 0.15) is 11.5 Å². The fourth-order valence-corrected chi connectivity index (χ4v) is 7.95. The molecule has 3 aromatic carbocycles. The summed E-state index contributed by atoms with van der Waals surface area (Å²) in [6, 6.07) is 26.3. The predicted molar refractivity (Wildman–Crippen MR) is 154 cm³/mol. The predicted octanol–water partition coefficient (Wildman–Crippen LogP) is 7.70. The van der Waals surface area contributed by atoms with Crippen molar-refractivity contribution in [1.82, 2.24) is 4.57 Å². The van der Waals surface area contributed by atoms with Gasteiger partial charge in [0.05, 0.1) is 29.1 Å². The van der Waals surface area contributed by atoms with Gasteiger partial charge in [-0.05, 0) is 60.6 Å². The largest absolute Gasteiger partial charge is 0.497 e. The lowest BCUT2D eigenvalue weighted by Crippen LogP contribution is -2.28. The number of carbonyl (C=O) groups is 1. The highest BCUT2D eigenvalue weighted by Gasteiger charge is 2.43. The maximum atomic E-state index is 13.7. The summed E-state index contributed by atoms with van der Waals surface area (Å²) < 4.78 is 14.5. The van der Waals surface area contributed by atoms with Crippen LogP contribution in [-0.4, -0.2) is 17.6 Å². The van der Waals surface area contributed by atoms with Gasteiger partial charge < -0.3 is 14.8 Å². The van der Waals surface area contributed by atoms with E-state index in [2.05, 4.69) is 28.1 Å². The third-order valence-corrected chi connectivity index (χ3v) is 9.62. The number of esters is 1. The number of ether oxygens (including phenoxy) is 2. The molecule has 0 fully saturated rings. The fraction of sp³-hybridized carbons (Fsp3) is 0.133. The number of nitrogens with zero attached hydrogens (tertiary/aromatic N) is 1. The second-order valence-electron chi connectivity index (χ2n) is 9.21. The SMILES string of the molecule is COc1ccc(C2C3=C(CCc4sc(=S)n(-c5ccccc5)c43)OC(=O)/C2=C2\Nc3ccccc3S2)cc1. The maximum absolute atomic E-state index is 13.7. The average Bonchev–Trinajstić information content (AvgIpc) is 3.53. The molecule has 188 valence electrons. The normalized spacial score (nSPS) is 19.8. The van der Waals surface area contributed by atoms with Gasteiger partial charge in [0, 0.05) is 33.4 Å². The Bertz CT molecular complexity index is 1690. The van der Waals surface area contributed by atoms with Gasteiger partial charge in [-0.3, -0.25) is 4.57 Å². The number of hydrogen-bond acceptors (Lipinski definition) is 7. The molecule has 2 aliphatic heterocycles. The molecule has 0 bridgehead atoms. The van der Waals surface area contributed by atoms with E-state index in [1.54, 1.807) is 30.2 Å². The van der Waals surface area contributed by atoms with Crippen molar-refractivity contribution in [3.8, 4) is 11.4 Å². The second-order valence-corrected chi connectivity index (χ2v) is 12.0. The van der Waals surface area contributed by atoms with Gasteiger partial charge in [-0.15, -0.1) is 11.3 Å². The van der Waals surface area contributed by atoms with Crippen LogP contribution < -0.4 is 10.1 Å². The van der Waals surface area contributed by atoms with Crippen LogP contribution in [0.3, 0.4) is 0 Å². The molecule has 38 heavy (non-hydrogen) atoms. The Labute approximate surface area is 233 Å². The molecule has 4 aromatic rings. The zero-order chi connectivity index (χ0) is 25.8. The fourth-order valence-electron chi connectivity index (χ4n) is 5.39. The molecule has 1 atom stereocenters. The topological polar surface area (TPSA) is 52.5 Å². The first kappa shape index (κ1) is 23.5. The molecule has 1 aliphatic carbocycles. The molecule has 0 radical (unpaired) electrons. The van der Waals surface area contributed by atoms with Crippen molar-refractivity contribution in [1.29, 1.82) is 0 Å². The van der Waals surface area contributed by atoms with Gasteiger partial charge in [-0.25, -0.2) is 4.79 Å². The number of thioether (sulfide) groups is 1. The standard InChI is InChI=1S/C30H22N2O3S3/c1-34-19-13-11-17(12-14-19)24-25-21(35-29(33)26(24)28-31-20-9-5-6-10-22(20)37-28)15-16-23-27(25)32(30(36)38-23)18-7-3-2-4-8-18/h2-14,24,31H,15-16H2,1H3/b28-26+. The molecule has 1 aromatic heterocycles. The van der Waals surface area contributed by atoms with Gasteiger partial charge in [-0.1, -0.05) is 54.2 Å². The minimum absolute atomic E-state index is 0.309. The minimum atomic E-state index is -0.334. The number of methoxy groups -OCH3 is 1. The van der Waals surface area contributed by atoms with Gasteiger partial charge in [0.2, 0.25) is 0 Å². The quantitative estimate of drug-likeness (QED) is 0.159. The van der Waals surface area contributed by atoms with Gasteiger partial charge in [0.25, 0.3) is 0 Å². The number of thiazole rings is 1. The van der Waals surface area contributed by atoms with E-state index in [-0.39, 0.29) is 11.9 Å². The van der Waals surface area contributed by atoms with Crippen molar-refractivity contribution >= 4 is 52.5 Å². The van der Waals surface area contributed by atoms with Crippen LogP contribution in [0.2, 0.25) is 0 Å². The molecule has 0 amide bonds. The van der Waals surface area contributed by atoms with Crippen molar-refractivity contribution in [2.75, 3.05) is 12.4 Å². The molecule has 1 unspecified atom stereocenters. The molecule has 5 nitrogen and oxygen atoms in total. The van der Waals surface area contributed by atoms with E-state index in [1.165, 1.54) is 4.88 Å². The summed E-state index contributed by atoms with van der Waals surface area (Å²) in [4.78, 5) is 16.1. The number of benzene rings is 3. The Morgan fingerprint density at radius 3 is 2.50 bits per heavy atom. The molecule has 0 spiro atoms. The number of carbonyl (C=O) groups excluding carboxylic acids is 1. The number of hydrogen-bond donors (Lipinski definition) is 1. The second kappa shape index (κ2) is 9.31. The molecule has 3 heterocycles. The Kier molecular flexibility index (Phi) is 5.76. The van der Waals surface area contributed by atoms with E-state index in [9.17, 15) is 4.79 Å². The molecule has 1 N–H and O–H groups in total. The first-order valence-corrected chi connectivity index (χ1v) is 14.3. The highest BCUT2D eigenvalue weighted by Crippen LogP contribution is 2.54. The zero-order valence-corrected chi connectivity index (χ0v) is 22.8. The monoisotopic (exact) mass is 554 g/mol. The lowest BCUT2D eigenvalue weighted by molar-refractivity contribution is -0.136. The number of allylic oxidation sites excluding steroid dienone is 2. The Morgan fingerprint density at radius 2 is 1.74 bits per heavy atom. The van der Waals surface area contributed by atoms with Crippen LogP contribution in [0.5, 0.6) is 5.75 Å². The Balaban J connectivity index is 1.49. The molecule has 7 rings (SSSR count). The summed E-state index contributed by atoms with van der Waals surface area (Å²) in [5.41, 5.74) is 5.66. The smallest absolute Gasteiger partial charge is 0.342 e. The van der Waals surface area contributed by atoms with Crippen molar-refractivity contribution in [3.63, 3.8) is 0 Å². The summed E-state index contributed by atoms with van der Waals surface area (Å²) in [7, 11) is 1.66. The van der Waals surface area contributed by atoms with E-state index in [1.807, 2.05) is 60.7 Å². The number of fused-ring (bicyclic) bond motifs is 3. The van der Waals surface area contributed by atoms with Crippen molar-refractivity contribution < 1.29 is 14.3 Å². The number of aryl methyl sites for hydroxylation is 1. The summed E-state index contributed by atoms with van der Waals surface area (Å²) in [6.07, 6.45) is 1.45. The zero-order valence-electron chi connectivity index (χ0n) is 20.4. The molecular weight excluding hydrogens is 533 g/mol. The Morgan fingerprint density at radius 1 is 0.974 bits per heavy atom. The van der Waals surface area contributed by atoms with Crippen LogP contribution in [0, 0.1) is 3.95 Å². The van der Waals surface area contributed by atoms with Crippen LogP contribution in [0.25, 0.3) is 11.3 Å². The van der Waals surface area contributed by atoms with E-state index in [4.69, 9.17) is 21.7 Å². The van der Waals surface area contributed by atoms with Crippen molar-refractivity contribution in [2.24, 2.45) is 0 Å². The number of aromatic nitrogens is 1. The lowest BCUT2D eigenvalue weighted by atomic mass is 9.78. The molecule has 3 aliphatic rings. The highest BCUT2D eigenvalue weighted by molar-refractivity contribution is 8.03. The first-order chi connectivity index (χ1) is 18.6. The summed E-state index contributed by atoms with van der Waals surface area (Å²) in [5.74, 6) is 0.851. The molecule has 0 saturated carbocycles. The van der Waals surface area contributed by atoms with E-state index in [0.29, 0.717) is 12.0 Å². The van der Waals surface area contributed by atoms with Crippen molar-refractivity contribution in [2.45, 2.75) is 23.7 Å². The number of anilines is 1. The highest BCUT2D eigenvalue weighted by atomic mass is 32.2. The summed E-state index contributed by atoms with van der Waals surface area (Å²) in [5, 5.41) is 4.30. The van der Waals surface area contributed by atoms with Gasteiger partial charge >= 0.3 is 5.97 Å². The van der Waals surface area contributed by atoms with Crippen LogP contribution in [0.1, 0.15) is 28.5 Å². The van der Waals surface area contributed by atoms with Gasteiger partial charge in [-0.2, -0.15) is 0 Å². The van der Waals surface area contributed by atoms with Crippen LogP contribution >= 0.6 is 35.3 Å². The third-order valence-electron chi connectivity index (χ3n) is 7.08. The van der Waals surface area contributed by atoms with E-state index in [0.717, 1.165) is 60.0 Å². The number of nitrogens with one attached hydrogen (secondary N) is 1. The van der Waals surface area contributed by atoms with Crippen LogP contribution in [0.4, 0.5) is 5.69 Å². The number of rotatable bonds is 3. The van der Waals surface area contributed by atoms with Crippen LogP contribution in [0.15, 0.2) is 100 Å². The summed E-state index contributed by atoms with van der Waals surface area (Å²) >= 11 is 9.11.